The number of carbonyl (C=O) groups excluding carboxylic acids is 2. The van der Waals surface area contributed by atoms with Gasteiger partial charge in [-0.1, -0.05) is 27.2 Å². The average molecular weight is 245 g/mol. The molecule has 0 aliphatic heterocycles. The molecule has 0 aromatic rings. The molecule has 0 radical (unpaired) electrons. The molecule has 3 atom stereocenters. The summed E-state index contributed by atoms with van der Waals surface area (Å²) in [5.74, 6) is -0.268. The minimum absolute atomic E-state index is 0.00642. The minimum Gasteiger partial charge on any atom is -0.396 e. The zero-order valence-electron chi connectivity index (χ0n) is 10.7. The van der Waals surface area contributed by atoms with Crippen LogP contribution in [0.1, 0.15) is 27.2 Å². The van der Waals surface area contributed by atoms with Crippen LogP contribution in [0.3, 0.4) is 0 Å². The van der Waals surface area contributed by atoms with E-state index in [-0.39, 0.29) is 24.3 Å². The van der Waals surface area contributed by atoms with Gasteiger partial charge in [0.15, 0.2) is 0 Å². The number of amides is 3. The maximum absolute atomic E-state index is 11.8. The van der Waals surface area contributed by atoms with Crippen molar-refractivity contribution in [2.24, 2.45) is 17.6 Å². The number of nitrogens with two attached hydrogens (primary N) is 1. The third-order valence-corrected chi connectivity index (χ3v) is 2.73. The second kappa shape index (κ2) is 7.89. The summed E-state index contributed by atoms with van der Waals surface area (Å²) >= 11 is 0. The predicted molar refractivity (Wildman–Crippen MR) is 65.2 cm³/mol. The zero-order valence-corrected chi connectivity index (χ0v) is 10.7. The van der Waals surface area contributed by atoms with Gasteiger partial charge in [0.2, 0.25) is 5.91 Å². The molecular formula is C11H23N3O3. The topological polar surface area (TPSA) is 104 Å². The molecule has 0 aromatic heterocycles. The van der Waals surface area contributed by atoms with Gasteiger partial charge in [0.1, 0.15) is 6.04 Å². The molecule has 6 heteroatoms. The highest BCUT2D eigenvalue weighted by Gasteiger charge is 2.24. The van der Waals surface area contributed by atoms with Crippen LogP contribution in [0, 0.1) is 11.8 Å². The average Bonchev–Trinajstić information content (AvgIpc) is 2.31. The Bertz CT molecular complexity index is 258. The highest BCUT2D eigenvalue weighted by Crippen LogP contribution is 2.07. The molecule has 0 saturated carbocycles. The number of aliphatic hydroxyl groups is 1. The number of nitrogens with one attached hydrogen (secondary N) is 2. The molecule has 0 aliphatic carbocycles. The number of aliphatic hydroxyl groups excluding tert-OH is 1. The van der Waals surface area contributed by atoms with Crippen molar-refractivity contribution in [3.05, 3.63) is 0 Å². The van der Waals surface area contributed by atoms with Crippen molar-refractivity contribution >= 4 is 11.9 Å². The largest absolute Gasteiger partial charge is 0.396 e. The summed E-state index contributed by atoms with van der Waals surface area (Å²) in [7, 11) is 0. The molecule has 0 rings (SSSR count). The van der Waals surface area contributed by atoms with E-state index in [0.29, 0.717) is 6.54 Å². The van der Waals surface area contributed by atoms with Crippen molar-refractivity contribution in [1.29, 1.82) is 0 Å². The molecule has 100 valence electrons. The Labute approximate surface area is 102 Å². The van der Waals surface area contributed by atoms with Crippen molar-refractivity contribution in [2.75, 3.05) is 13.2 Å². The van der Waals surface area contributed by atoms with Gasteiger partial charge in [0.05, 0.1) is 0 Å². The van der Waals surface area contributed by atoms with Gasteiger partial charge < -0.3 is 21.5 Å². The lowest BCUT2D eigenvalue weighted by atomic mass is 9.98. The Balaban J connectivity index is 4.37. The van der Waals surface area contributed by atoms with Gasteiger partial charge in [0, 0.05) is 13.2 Å². The first kappa shape index (κ1) is 15.7. The standard InChI is InChI=1S/C11H23N3O3/c1-4-8(3)9(14-11(12)17)10(16)13-5-7(2)6-15/h7-9,15H,4-6H2,1-3H3,(H,13,16)(H3,12,14,17). The summed E-state index contributed by atoms with van der Waals surface area (Å²) in [5, 5.41) is 14.0. The molecule has 6 nitrogen and oxygen atoms in total. The monoisotopic (exact) mass is 245 g/mol. The second-order valence-corrected chi connectivity index (χ2v) is 4.40. The third-order valence-electron chi connectivity index (χ3n) is 2.73. The van der Waals surface area contributed by atoms with Crippen LogP contribution in [-0.2, 0) is 4.79 Å². The summed E-state index contributed by atoms with van der Waals surface area (Å²) in [4.78, 5) is 22.7. The van der Waals surface area contributed by atoms with Gasteiger partial charge in [-0.2, -0.15) is 0 Å². The fourth-order valence-electron chi connectivity index (χ4n) is 1.30. The summed E-state index contributed by atoms with van der Waals surface area (Å²) in [6.07, 6.45) is 0.758. The first-order valence-corrected chi connectivity index (χ1v) is 5.86. The Hall–Kier alpha value is -1.30. The third kappa shape index (κ3) is 6.11. The Morgan fingerprint density at radius 1 is 1.35 bits per heavy atom. The first-order valence-electron chi connectivity index (χ1n) is 5.86. The Morgan fingerprint density at radius 3 is 2.35 bits per heavy atom. The molecule has 0 fully saturated rings. The number of primary amides is 1. The molecule has 0 aromatic carbocycles. The van der Waals surface area contributed by atoms with E-state index in [1.54, 1.807) is 0 Å². The van der Waals surface area contributed by atoms with Crippen LogP contribution in [0.4, 0.5) is 4.79 Å². The summed E-state index contributed by atoms with van der Waals surface area (Å²) in [6, 6.07) is -1.33. The highest BCUT2D eigenvalue weighted by molar-refractivity contribution is 5.86. The van der Waals surface area contributed by atoms with Crippen molar-refractivity contribution in [1.82, 2.24) is 10.6 Å². The van der Waals surface area contributed by atoms with Crippen LogP contribution < -0.4 is 16.4 Å². The van der Waals surface area contributed by atoms with Crippen molar-refractivity contribution in [3.63, 3.8) is 0 Å². The Morgan fingerprint density at radius 2 is 1.94 bits per heavy atom. The maximum atomic E-state index is 11.8. The fraction of sp³-hybridized carbons (Fsp3) is 0.818. The van der Waals surface area contributed by atoms with Gasteiger partial charge >= 0.3 is 6.03 Å². The van der Waals surface area contributed by atoms with Gasteiger partial charge in [-0.05, 0) is 11.8 Å². The molecule has 0 aliphatic rings. The molecule has 0 spiro atoms. The maximum Gasteiger partial charge on any atom is 0.312 e. The fourth-order valence-corrected chi connectivity index (χ4v) is 1.30. The van der Waals surface area contributed by atoms with E-state index < -0.39 is 12.1 Å². The molecular weight excluding hydrogens is 222 g/mol. The predicted octanol–water partition coefficient (Wildman–Crippen LogP) is -0.186. The van der Waals surface area contributed by atoms with Crippen LogP contribution >= 0.6 is 0 Å². The first-order chi connectivity index (χ1) is 7.92. The lowest BCUT2D eigenvalue weighted by molar-refractivity contribution is -0.124. The normalized spacial score (nSPS) is 15.8. The number of hydrogen-bond donors (Lipinski definition) is 4. The quantitative estimate of drug-likeness (QED) is 0.500. The molecule has 0 bridgehead atoms. The molecule has 17 heavy (non-hydrogen) atoms. The van der Waals surface area contributed by atoms with Crippen LogP contribution in [0.5, 0.6) is 0 Å². The Kier molecular flexibility index (Phi) is 7.29. The van der Waals surface area contributed by atoms with Gasteiger partial charge in [0.25, 0.3) is 0 Å². The number of urea groups is 1. The molecule has 3 unspecified atom stereocenters. The lowest BCUT2D eigenvalue weighted by Gasteiger charge is -2.23. The zero-order chi connectivity index (χ0) is 13.4. The van der Waals surface area contributed by atoms with E-state index in [1.165, 1.54) is 0 Å². The van der Waals surface area contributed by atoms with E-state index in [9.17, 15) is 9.59 Å². The van der Waals surface area contributed by atoms with E-state index in [4.69, 9.17) is 10.8 Å². The molecule has 5 N–H and O–H groups in total. The van der Waals surface area contributed by atoms with E-state index in [2.05, 4.69) is 10.6 Å². The second-order valence-electron chi connectivity index (χ2n) is 4.40. The lowest BCUT2D eigenvalue weighted by Crippen LogP contribution is -2.52. The van der Waals surface area contributed by atoms with Crippen molar-refractivity contribution in [2.45, 2.75) is 33.2 Å². The van der Waals surface area contributed by atoms with E-state index in [1.807, 2.05) is 20.8 Å². The SMILES string of the molecule is CCC(C)C(NC(N)=O)C(=O)NCC(C)CO. The van der Waals surface area contributed by atoms with Gasteiger partial charge in [-0.3, -0.25) is 4.79 Å². The molecule has 0 heterocycles. The summed E-state index contributed by atoms with van der Waals surface area (Å²) in [5.41, 5.74) is 5.04. The van der Waals surface area contributed by atoms with Crippen LogP contribution in [-0.4, -0.2) is 36.2 Å². The van der Waals surface area contributed by atoms with Crippen molar-refractivity contribution in [3.8, 4) is 0 Å². The molecule has 3 amide bonds. The minimum atomic E-state index is -0.708. The number of rotatable bonds is 7. The van der Waals surface area contributed by atoms with Gasteiger partial charge in [-0.25, -0.2) is 4.79 Å². The van der Waals surface area contributed by atoms with Gasteiger partial charge in [-0.15, -0.1) is 0 Å². The van der Waals surface area contributed by atoms with E-state index in [0.717, 1.165) is 6.42 Å². The molecule has 0 saturated heterocycles. The summed E-state index contributed by atoms with van der Waals surface area (Å²) < 4.78 is 0. The van der Waals surface area contributed by atoms with Crippen LogP contribution in [0.25, 0.3) is 0 Å². The highest BCUT2D eigenvalue weighted by atomic mass is 16.3. The smallest absolute Gasteiger partial charge is 0.312 e. The van der Waals surface area contributed by atoms with E-state index >= 15 is 0 Å². The number of carbonyl (C=O) groups is 2. The van der Waals surface area contributed by atoms with Crippen LogP contribution in [0.15, 0.2) is 0 Å². The van der Waals surface area contributed by atoms with Crippen molar-refractivity contribution < 1.29 is 14.7 Å². The van der Waals surface area contributed by atoms with Crippen LogP contribution in [0.2, 0.25) is 0 Å². The number of hydrogen-bond acceptors (Lipinski definition) is 3. The summed E-state index contributed by atoms with van der Waals surface area (Å²) in [6.45, 7) is 6.01.